The Kier molecular flexibility index (Phi) is 2.67. The summed E-state index contributed by atoms with van der Waals surface area (Å²) < 4.78 is 1.43. The first-order chi connectivity index (χ1) is 5.65. The van der Waals surface area contributed by atoms with Crippen LogP contribution in [0.2, 0.25) is 0 Å². The van der Waals surface area contributed by atoms with Gasteiger partial charge in [-0.25, -0.2) is 4.98 Å². The molecule has 0 spiro atoms. The van der Waals surface area contributed by atoms with E-state index in [1.807, 2.05) is 0 Å². The average Bonchev–Trinajstić information content (AvgIpc) is 2.35. The van der Waals surface area contributed by atoms with Crippen molar-refractivity contribution in [3.63, 3.8) is 0 Å². The minimum Gasteiger partial charge on any atom is -0.493 e. The Morgan fingerprint density at radius 1 is 1.67 bits per heavy atom. The molecule has 5 nitrogen and oxygen atoms in total. The number of aromatic nitrogens is 2. The third kappa shape index (κ3) is 1.75. The van der Waals surface area contributed by atoms with Gasteiger partial charge in [-0.1, -0.05) is 0 Å². The van der Waals surface area contributed by atoms with Gasteiger partial charge in [0, 0.05) is 0 Å². The highest BCUT2D eigenvalue weighted by Gasteiger charge is 2.09. The predicted octanol–water partition coefficient (Wildman–Crippen LogP) is -0.750. The van der Waals surface area contributed by atoms with Gasteiger partial charge in [-0.3, -0.25) is 4.57 Å². The Hall–Kier alpha value is -1.07. The number of aliphatic hydroxyl groups is 2. The molecule has 0 aliphatic heterocycles. The number of hydrogen-bond acceptors (Lipinski definition) is 4. The largest absolute Gasteiger partial charge is 0.493 e. The lowest BCUT2D eigenvalue weighted by molar-refractivity contribution is 0.0788. The number of aliphatic hydroxyl groups excluding tert-OH is 2. The number of nitrogens with zero attached hydrogens (tertiary/aromatic N) is 2. The van der Waals surface area contributed by atoms with Crippen molar-refractivity contribution in [2.45, 2.75) is 19.6 Å². The summed E-state index contributed by atoms with van der Waals surface area (Å²) in [6, 6.07) is 0. The van der Waals surface area contributed by atoms with E-state index in [0.29, 0.717) is 5.82 Å². The Labute approximate surface area is 69.9 Å². The Morgan fingerprint density at radius 3 is 2.75 bits per heavy atom. The zero-order valence-corrected chi connectivity index (χ0v) is 6.80. The maximum absolute atomic E-state index is 9.18. The molecule has 68 valence electrons. The second-order valence-corrected chi connectivity index (χ2v) is 2.61. The van der Waals surface area contributed by atoms with Crippen LogP contribution in [0.25, 0.3) is 0 Å². The standard InChI is InChI=1S/C7H12N2O3/c1-5-8-2-7(12)9(5)3-6(11)4-10/h2,6,10-12H,3-4H2,1H3. The van der Waals surface area contributed by atoms with E-state index in [9.17, 15) is 5.11 Å². The van der Waals surface area contributed by atoms with Crippen LogP contribution in [0, 0.1) is 6.92 Å². The van der Waals surface area contributed by atoms with Crippen LogP contribution in [0.15, 0.2) is 6.20 Å². The van der Waals surface area contributed by atoms with Gasteiger partial charge in [0.15, 0.2) is 0 Å². The van der Waals surface area contributed by atoms with Gasteiger partial charge in [-0.2, -0.15) is 0 Å². The molecule has 1 aromatic rings. The van der Waals surface area contributed by atoms with E-state index in [1.54, 1.807) is 6.92 Å². The summed E-state index contributed by atoms with van der Waals surface area (Å²) in [5.41, 5.74) is 0. The second-order valence-electron chi connectivity index (χ2n) is 2.61. The highest BCUT2D eigenvalue weighted by atomic mass is 16.3. The molecule has 0 fully saturated rings. The fraction of sp³-hybridized carbons (Fsp3) is 0.571. The van der Waals surface area contributed by atoms with Gasteiger partial charge in [0.25, 0.3) is 0 Å². The summed E-state index contributed by atoms with van der Waals surface area (Å²) in [4.78, 5) is 3.82. The van der Waals surface area contributed by atoms with E-state index in [0.717, 1.165) is 0 Å². The molecule has 0 saturated carbocycles. The first kappa shape index (κ1) is 9.02. The Morgan fingerprint density at radius 2 is 2.33 bits per heavy atom. The smallest absolute Gasteiger partial charge is 0.211 e. The Bertz CT molecular complexity index is 240. The first-order valence-corrected chi connectivity index (χ1v) is 3.65. The highest BCUT2D eigenvalue weighted by molar-refractivity contribution is 5.08. The summed E-state index contributed by atoms with van der Waals surface area (Å²) in [5, 5.41) is 26.8. The average molecular weight is 172 g/mol. The van der Waals surface area contributed by atoms with Crippen LogP contribution >= 0.6 is 0 Å². The SMILES string of the molecule is Cc1ncc(O)n1CC(O)CO. The van der Waals surface area contributed by atoms with E-state index in [4.69, 9.17) is 10.2 Å². The molecule has 1 atom stereocenters. The van der Waals surface area contributed by atoms with Gasteiger partial charge in [-0.05, 0) is 6.92 Å². The zero-order valence-electron chi connectivity index (χ0n) is 6.80. The molecule has 0 aromatic carbocycles. The minimum atomic E-state index is -0.858. The van der Waals surface area contributed by atoms with E-state index >= 15 is 0 Å². The van der Waals surface area contributed by atoms with Crippen molar-refractivity contribution in [1.82, 2.24) is 9.55 Å². The maximum Gasteiger partial charge on any atom is 0.211 e. The molecule has 1 rings (SSSR count). The molecule has 5 heteroatoms. The van der Waals surface area contributed by atoms with Gasteiger partial charge in [0.2, 0.25) is 5.88 Å². The van der Waals surface area contributed by atoms with Crippen molar-refractivity contribution < 1.29 is 15.3 Å². The maximum atomic E-state index is 9.18. The van der Waals surface area contributed by atoms with E-state index in [-0.39, 0.29) is 19.0 Å². The van der Waals surface area contributed by atoms with Crippen molar-refractivity contribution in [1.29, 1.82) is 0 Å². The van der Waals surface area contributed by atoms with Crippen LogP contribution in [-0.2, 0) is 6.54 Å². The number of imidazole rings is 1. The molecule has 1 heterocycles. The van der Waals surface area contributed by atoms with Crippen LogP contribution in [0.1, 0.15) is 5.82 Å². The van der Waals surface area contributed by atoms with E-state index in [2.05, 4.69) is 4.98 Å². The van der Waals surface area contributed by atoms with E-state index < -0.39 is 6.10 Å². The third-order valence-corrected chi connectivity index (χ3v) is 1.64. The lowest BCUT2D eigenvalue weighted by Crippen LogP contribution is -2.20. The van der Waals surface area contributed by atoms with E-state index in [1.165, 1.54) is 10.8 Å². The van der Waals surface area contributed by atoms with Crippen LogP contribution in [0.4, 0.5) is 0 Å². The van der Waals surface area contributed by atoms with Gasteiger partial charge in [0.05, 0.1) is 25.5 Å². The molecular weight excluding hydrogens is 160 g/mol. The lowest BCUT2D eigenvalue weighted by atomic mass is 10.4. The Balaban J connectivity index is 2.73. The molecule has 12 heavy (non-hydrogen) atoms. The van der Waals surface area contributed by atoms with Gasteiger partial charge < -0.3 is 15.3 Å². The molecule has 3 N–H and O–H groups in total. The molecule has 0 saturated heterocycles. The molecular formula is C7H12N2O3. The lowest BCUT2D eigenvalue weighted by Gasteiger charge is -2.09. The zero-order chi connectivity index (χ0) is 9.14. The topological polar surface area (TPSA) is 78.5 Å². The fourth-order valence-electron chi connectivity index (χ4n) is 0.950. The number of rotatable bonds is 3. The van der Waals surface area contributed by atoms with Crippen molar-refractivity contribution in [2.24, 2.45) is 0 Å². The summed E-state index contributed by atoms with van der Waals surface area (Å²) in [6.07, 6.45) is 0.447. The molecule has 0 aliphatic carbocycles. The summed E-state index contributed by atoms with van der Waals surface area (Å²) in [6.45, 7) is 1.55. The van der Waals surface area contributed by atoms with Crippen LogP contribution in [-0.4, -0.2) is 37.6 Å². The molecule has 0 aliphatic rings. The fourth-order valence-corrected chi connectivity index (χ4v) is 0.950. The second kappa shape index (κ2) is 3.55. The highest BCUT2D eigenvalue weighted by Crippen LogP contribution is 2.11. The molecule has 0 bridgehead atoms. The van der Waals surface area contributed by atoms with Crippen molar-refractivity contribution >= 4 is 0 Å². The van der Waals surface area contributed by atoms with Gasteiger partial charge in [0.1, 0.15) is 5.82 Å². The molecule has 0 radical (unpaired) electrons. The monoisotopic (exact) mass is 172 g/mol. The summed E-state index contributed by atoms with van der Waals surface area (Å²) >= 11 is 0. The van der Waals surface area contributed by atoms with Crippen molar-refractivity contribution in [2.75, 3.05) is 6.61 Å². The number of aromatic hydroxyl groups is 1. The summed E-state index contributed by atoms with van der Waals surface area (Å²) in [5.74, 6) is 0.611. The quantitative estimate of drug-likeness (QED) is 0.560. The summed E-state index contributed by atoms with van der Waals surface area (Å²) in [7, 11) is 0. The number of aryl methyl sites for hydroxylation is 1. The minimum absolute atomic E-state index is 0.000000000000000222. The van der Waals surface area contributed by atoms with Gasteiger partial charge >= 0.3 is 0 Å². The molecule has 1 unspecified atom stereocenters. The first-order valence-electron chi connectivity index (χ1n) is 3.65. The number of hydrogen-bond donors (Lipinski definition) is 3. The third-order valence-electron chi connectivity index (χ3n) is 1.64. The normalized spacial score (nSPS) is 13.2. The van der Waals surface area contributed by atoms with Crippen LogP contribution in [0.5, 0.6) is 5.88 Å². The van der Waals surface area contributed by atoms with Crippen LogP contribution < -0.4 is 0 Å². The van der Waals surface area contributed by atoms with Gasteiger partial charge in [-0.15, -0.1) is 0 Å². The van der Waals surface area contributed by atoms with Crippen LogP contribution in [0.3, 0.4) is 0 Å². The molecule has 1 aromatic heterocycles. The van der Waals surface area contributed by atoms with Crippen molar-refractivity contribution in [3.8, 4) is 5.88 Å². The molecule has 0 amide bonds. The van der Waals surface area contributed by atoms with Crippen molar-refractivity contribution in [3.05, 3.63) is 12.0 Å². The predicted molar refractivity (Wildman–Crippen MR) is 41.7 cm³/mol.